The van der Waals surface area contributed by atoms with Crippen molar-refractivity contribution in [3.05, 3.63) is 11.1 Å². The molecule has 134 valence electrons. The zero-order valence-electron chi connectivity index (χ0n) is 15.6. The van der Waals surface area contributed by atoms with Crippen molar-refractivity contribution in [1.82, 2.24) is 4.90 Å². The number of piperidine rings is 1. The van der Waals surface area contributed by atoms with Crippen LogP contribution < -0.4 is 0 Å². The van der Waals surface area contributed by atoms with Crippen LogP contribution in [0.4, 0.5) is 0 Å². The van der Waals surface area contributed by atoms with Crippen LogP contribution in [0.5, 0.6) is 0 Å². The van der Waals surface area contributed by atoms with E-state index in [-0.39, 0.29) is 23.4 Å². The summed E-state index contributed by atoms with van der Waals surface area (Å²) in [7, 11) is 0. The first-order chi connectivity index (χ1) is 11.5. The molecular weight excluding hydrogens is 298 g/mol. The molecule has 2 heterocycles. The largest absolute Gasteiger partial charge is 0.462 e. The third-order valence-electron chi connectivity index (χ3n) is 7.55. The maximum absolute atomic E-state index is 12.6. The van der Waals surface area contributed by atoms with Crippen molar-refractivity contribution < 1.29 is 9.53 Å². The zero-order valence-corrected chi connectivity index (χ0v) is 15.6. The summed E-state index contributed by atoms with van der Waals surface area (Å²) in [5.41, 5.74) is 3.56. The molecule has 5 atom stereocenters. The molecule has 0 N–H and O–H groups in total. The van der Waals surface area contributed by atoms with Crippen LogP contribution in [0.15, 0.2) is 11.1 Å². The molecule has 24 heavy (non-hydrogen) atoms. The fraction of sp³-hybridized carbons (Fsp3) is 0.857. The van der Waals surface area contributed by atoms with Crippen molar-refractivity contribution in [3.63, 3.8) is 0 Å². The standard InChI is InChI=1S/C21H33NO2/c1-14-7-6-9-21(3)12-19-16(11-18(14)21)17(20(23)24-19)13-22-10-5-4-8-15(22)2/h15-17,19H,4-13H2,1-3H3. The van der Waals surface area contributed by atoms with Gasteiger partial charge in [0.2, 0.25) is 0 Å². The lowest BCUT2D eigenvalue weighted by Crippen LogP contribution is -2.45. The molecule has 2 aliphatic carbocycles. The van der Waals surface area contributed by atoms with Gasteiger partial charge in [-0.25, -0.2) is 0 Å². The van der Waals surface area contributed by atoms with E-state index in [2.05, 4.69) is 25.7 Å². The van der Waals surface area contributed by atoms with Gasteiger partial charge in [-0.2, -0.15) is 0 Å². The first-order valence-corrected chi connectivity index (χ1v) is 10.1. The lowest BCUT2D eigenvalue weighted by atomic mass is 9.59. The summed E-state index contributed by atoms with van der Waals surface area (Å²) in [5.74, 6) is 0.605. The average molecular weight is 332 g/mol. The van der Waals surface area contributed by atoms with Gasteiger partial charge in [-0.15, -0.1) is 0 Å². The lowest BCUT2D eigenvalue weighted by Gasteiger charge is -2.46. The van der Waals surface area contributed by atoms with Gasteiger partial charge in [0.25, 0.3) is 0 Å². The van der Waals surface area contributed by atoms with Crippen molar-refractivity contribution in [2.24, 2.45) is 17.3 Å². The Morgan fingerprint density at radius 1 is 1.29 bits per heavy atom. The Bertz CT molecular complexity index is 554. The average Bonchev–Trinajstić information content (AvgIpc) is 2.82. The molecule has 0 amide bonds. The highest BCUT2D eigenvalue weighted by Crippen LogP contribution is 2.55. The lowest BCUT2D eigenvalue weighted by molar-refractivity contribution is -0.145. The number of nitrogens with zero attached hydrogens (tertiary/aromatic N) is 1. The summed E-state index contributed by atoms with van der Waals surface area (Å²) in [6.07, 6.45) is 10.0. The zero-order chi connectivity index (χ0) is 16.9. The van der Waals surface area contributed by atoms with Crippen LogP contribution in [0.1, 0.15) is 72.1 Å². The van der Waals surface area contributed by atoms with E-state index in [9.17, 15) is 4.79 Å². The van der Waals surface area contributed by atoms with Gasteiger partial charge in [-0.05, 0) is 70.8 Å². The second-order valence-electron chi connectivity index (χ2n) is 9.17. The number of carbonyl (C=O) groups is 1. The smallest absolute Gasteiger partial charge is 0.310 e. The van der Waals surface area contributed by atoms with Crippen LogP contribution in [-0.2, 0) is 9.53 Å². The maximum atomic E-state index is 12.6. The van der Waals surface area contributed by atoms with Crippen LogP contribution in [0.2, 0.25) is 0 Å². The minimum atomic E-state index is 0.0864. The van der Waals surface area contributed by atoms with E-state index in [0.717, 1.165) is 25.9 Å². The molecule has 0 aromatic carbocycles. The molecule has 2 aliphatic heterocycles. The maximum Gasteiger partial charge on any atom is 0.310 e. The second-order valence-corrected chi connectivity index (χ2v) is 9.17. The van der Waals surface area contributed by atoms with Crippen molar-refractivity contribution in [3.8, 4) is 0 Å². The third kappa shape index (κ3) is 2.73. The van der Waals surface area contributed by atoms with E-state index in [1.54, 1.807) is 11.1 Å². The van der Waals surface area contributed by atoms with Gasteiger partial charge in [0.05, 0.1) is 5.92 Å². The molecule has 0 bridgehead atoms. The van der Waals surface area contributed by atoms with Gasteiger partial charge in [0.15, 0.2) is 0 Å². The first-order valence-electron chi connectivity index (χ1n) is 10.1. The van der Waals surface area contributed by atoms with Crippen molar-refractivity contribution in [2.75, 3.05) is 13.1 Å². The molecule has 4 aliphatic rings. The van der Waals surface area contributed by atoms with E-state index >= 15 is 0 Å². The van der Waals surface area contributed by atoms with Gasteiger partial charge in [0, 0.05) is 18.5 Å². The number of ether oxygens (including phenoxy) is 1. The Kier molecular flexibility index (Phi) is 4.27. The molecule has 2 saturated heterocycles. The Labute approximate surface area is 146 Å². The summed E-state index contributed by atoms with van der Waals surface area (Å²) in [5, 5.41) is 0. The van der Waals surface area contributed by atoms with Gasteiger partial charge in [0.1, 0.15) is 6.10 Å². The molecule has 3 heteroatoms. The molecular formula is C21H33NO2. The minimum absolute atomic E-state index is 0.0864. The van der Waals surface area contributed by atoms with E-state index in [4.69, 9.17) is 4.74 Å². The number of fused-ring (bicyclic) bond motifs is 2. The van der Waals surface area contributed by atoms with Gasteiger partial charge >= 0.3 is 5.97 Å². The normalized spacial score (nSPS) is 43.4. The molecule has 3 fully saturated rings. The predicted octanol–water partition coefficient (Wildman–Crippen LogP) is 4.32. The first kappa shape index (κ1) is 16.6. The predicted molar refractivity (Wildman–Crippen MR) is 95.6 cm³/mol. The topological polar surface area (TPSA) is 29.5 Å². The Balaban J connectivity index is 1.54. The van der Waals surface area contributed by atoms with Gasteiger partial charge in [-0.3, -0.25) is 9.69 Å². The molecule has 0 spiro atoms. The Morgan fingerprint density at radius 3 is 2.92 bits per heavy atom. The number of allylic oxidation sites excluding steroid dienone is 2. The number of esters is 1. The Hall–Kier alpha value is -0.830. The van der Waals surface area contributed by atoms with Crippen LogP contribution >= 0.6 is 0 Å². The number of carbonyl (C=O) groups excluding carboxylic acids is 1. The quantitative estimate of drug-likeness (QED) is 0.557. The molecule has 5 unspecified atom stereocenters. The molecule has 1 saturated carbocycles. The Morgan fingerprint density at radius 2 is 2.12 bits per heavy atom. The molecule has 0 aromatic heterocycles. The summed E-state index contributed by atoms with van der Waals surface area (Å²) < 4.78 is 5.92. The van der Waals surface area contributed by atoms with E-state index in [0.29, 0.717) is 12.0 Å². The highest BCUT2D eigenvalue weighted by Gasteiger charge is 2.53. The summed E-state index contributed by atoms with van der Waals surface area (Å²) in [6, 6.07) is 0.620. The van der Waals surface area contributed by atoms with Crippen LogP contribution in [-0.4, -0.2) is 36.1 Å². The number of hydrogen-bond acceptors (Lipinski definition) is 3. The number of likely N-dealkylation sites (tertiary alicyclic amines) is 1. The minimum Gasteiger partial charge on any atom is -0.462 e. The second kappa shape index (κ2) is 6.16. The fourth-order valence-corrected chi connectivity index (χ4v) is 6.00. The highest BCUT2D eigenvalue weighted by molar-refractivity contribution is 5.76. The van der Waals surface area contributed by atoms with Crippen molar-refractivity contribution >= 4 is 5.97 Å². The number of hydrogen-bond donors (Lipinski definition) is 0. The molecule has 4 rings (SSSR count). The monoisotopic (exact) mass is 331 g/mol. The third-order valence-corrected chi connectivity index (χ3v) is 7.55. The summed E-state index contributed by atoms with van der Waals surface area (Å²) >= 11 is 0. The molecule has 0 radical (unpaired) electrons. The van der Waals surface area contributed by atoms with Crippen molar-refractivity contribution in [1.29, 1.82) is 0 Å². The van der Waals surface area contributed by atoms with Gasteiger partial charge < -0.3 is 4.74 Å². The summed E-state index contributed by atoms with van der Waals surface area (Å²) in [4.78, 5) is 15.2. The van der Waals surface area contributed by atoms with Crippen molar-refractivity contribution in [2.45, 2.75) is 84.3 Å². The molecule has 3 nitrogen and oxygen atoms in total. The fourth-order valence-electron chi connectivity index (χ4n) is 6.00. The molecule has 0 aromatic rings. The van der Waals surface area contributed by atoms with E-state index < -0.39 is 0 Å². The highest BCUT2D eigenvalue weighted by atomic mass is 16.6. The summed E-state index contributed by atoms with van der Waals surface area (Å²) in [6.45, 7) is 9.14. The van der Waals surface area contributed by atoms with Crippen LogP contribution in [0.3, 0.4) is 0 Å². The number of rotatable bonds is 2. The van der Waals surface area contributed by atoms with Gasteiger partial charge in [-0.1, -0.05) is 24.5 Å². The van der Waals surface area contributed by atoms with E-state index in [1.807, 2.05) is 0 Å². The van der Waals surface area contributed by atoms with Crippen LogP contribution in [0, 0.1) is 17.3 Å². The van der Waals surface area contributed by atoms with E-state index in [1.165, 1.54) is 38.5 Å². The SMILES string of the molecule is CC1=C2CC3C(CC2(C)CCC1)OC(=O)C3CN1CCCCC1C. The van der Waals surface area contributed by atoms with Crippen LogP contribution in [0.25, 0.3) is 0 Å².